The lowest BCUT2D eigenvalue weighted by molar-refractivity contribution is -0.144. The molecule has 0 radical (unpaired) electrons. The molecule has 2 aromatic carbocycles. The summed E-state index contributed by atoms with van der Waals surface area (Å²) in [6, 6.07) is 0.506. The molecule has 2 nitrogen and oxygen atoms in total. The number of hydrogen-bond donors (Lipinski definition) is 1. The molecule has 3 rings (SSSR count). The van der Waals surface area contributed by atoms with Gasteiger partial charge >= 0.3 is 24.7 Å². The molecular weight excluding hydrogens is 584 g/mol. The average Bonchev–Trinajstić information content (AvgIpc) is 2.84. The summed E-state index contributed by atoms with van der Waals surface area (Å²) in [6.45, 7) is 11.6. The van der Waals surface area contributed by atoms with Crippen LogP contribution in [0.4, 0.5) is 52.7 Å². The minimum absolute atomic E-state index is 0.167. The predicted molar refractivity (Wildman–Crippen MR) is 130 cm³/mol. The number of benzene rings is 2. The van der Waals surface area contributed by atoms with Gasteiger partial charge in [-0.25, -0.2) is 0 Å². The lowest BCUT2D eigenvalue weighted by Gasteiger charge is -2.33. The molecule has 0 amide bonds. The third-order valence-corrected chi connectivity index (χ3v) is 4.80. The molecule has 1 aliphatic heterocycles. The quantitative estimate of drug-likeness (QED) is 0.269. The summed E-state index contributed by atoms with van der Waals surface area (Å²) in [5, 5.41) is 10.3. The summed E-state index contributed by atoms with van der Waals surface area (Å²) in [4.78, 5) is 0. The maximum atomic E-state index is 13.1. The van der Waals surface area contributed by atoms with Crippen LogP contribution in [0.15, 0.2) is 42.0 Å². The molecule has 1 saturated heterocycles. The number of aliphatic hydroxyl groups excluding tert-OH is 1. The SMILES string of the molecule is CC.CC.CCC.O/C(=C1/COC1c1cc(C(F)(F)F)cc(C(F)(F)F)c1)c1cc(C(F)(F)F)cc(C(F)(F)F)c1. The Hall–Kier alpha value is -2.90. The molecule has 0 bridgehead atoms. The molecule has 1 N–H and O–H groups in total. The van der Waals surface area contributed by atoms with Crippen LogP contribution in [0.1, 0.15) is 87.4 Å². The summed E-state index contributed by atoms with van der Waals surface area (Å²) in [6.07, 6.45) is -21.5. The van der Waals surface area contributed by atoms with Crippen LogP contribution in [0.3, 0.4) is 0 Å². The van der Waals surface area contributed by atoms with E-state index in [-0.39, 0.29) is 36.4 Å². The van der Waals surface area contributed by atoms with Gasteiger partial charge in [-0.05, 0) is 42.0 Å². The van der Waals surface area contributed by atoms with E-state index in [0.717, 1.165) is 0 Å². The third kappa shape index (κ3) is 10.5. The topological polar surface area (TPSA) is 29.5 Å². The summed E-state index contributed by atoms with van der Waals surface area (Å²) in [7, 11) is 0. The molecule has 1 atom stereocenters. The molecule has 2 aromatic rings. The molecule has 1 heterocycles. The Bertz CT molecular complexity index is 1080. The molecule has 1 fully saturated rings. The zero-order valence-corrected chi connectivity index (χ0v) is 22.8. The molecule has 0 saturated carbocycles. The number of hydrogen-bond acceptors (Lipinski definition) is 2. The summed E-state index contributed by atoms with van der Waals surface area (Å²) in [5.41, 5.74) is -9.24. The smallest absolute Gasteiger partial charge is 0.416 e. The van der Waals surface area contributed by atoms with Crippen molar-refractivity contribution in [1.82, 2.24) is 0 Å². The number of alkyl halides is 12. The largest absolute Gasteiger partial charge is 0.507 e. The highest BCUT2D eigenvalue weighted by atomic mass is 19.4. The second-order valence-electron chi connectivity index (χ2n) is 7.91. The Morgan fingerprint density at radius 3 is 1.17 bits per heavy atom. The standard InChI is InChI=1S/C20H10F12O2.C3H8.2C2H6/c21-17(22,23)10-1-8(2-11(5-10)18(24,25)26)15(33)14-7-34-16(14)9-3-12(19(27,28)29)6-13(4-9)20(30,31)32;1-3-2;2*1-2/h1-6,16,33H,7H2;3H2,1-2H3;2*1-2H3/b15-14-;;;. The fraction of sp³-hybridized carbons (Fsp3) is 0.481. The van der Waals surface area contributed by atoms with Gasteiger partial charge in [-0.3, -0.25) is 0 Å². The van der Waals surface area contributed by atoms with Gasteiger partial charge in [0.15, 0.2) is 0 Å². The fourth-order valence-electron chi connectivity index (χ4n) is 3.15. The van der Waals surface area contributed by atoms with Crippen molar-refractivity contribution < 1.29 is 62.5 Å². The van der Waals surface area contributed by atoms with Crippen LogP contribution in [0, 0.1) is 0 Å². The second-order valence-corrected chi connectivity index (χ2v) is 7.91. The molecule has 14 heteroatoms. The van der Waals surface area contributed by atoms with Crippen LogP contribution in [-0.4, -0.2) is 11.7 Å². The van der Waals surface area contributed by atoms with Crippen molar-refractivity contribution in [2.75, 3.05) is 6.61 Å². The first-order chi connectivity index (χ1) is 18.7. The van der Waals surface area contributed by atoms with Crippen molar-refractivity contribution in [2.45, 2.75) is 78.8 Å². The van der Waals surface area contributed by atoms with Gasteiger partial charge < -0.3 is 9.84 Å². The summed E-state index contributed by atoms with van der Waals surface area (Å²) < 4.78 is 162. The molecule has 0 spiro atoms. The van der Waals surface area contributed by atoms with Crippen molar-refractivity contribution in [3.63, 3.8) is 0 Å². The Morgan fingerprint density at radius 1 is 0.634 bits per heavy atom. The van der Waals surface area contributed by atoms with E-state index < -0.39 is 82.1 Å². The summed E-state index contributed by atoms with van der Waals surface area (Å²) in [5.74, 6) is -1.20. The molecular formula is C27H30F12O2. The maximum absolute atomic E-state index is 13.1. The monoisotopic (exact) mass is 614 g/mol. The molecule has 0 aromatic heterocycles. The van der Waals surface area contributed by atoms with Crippen LogP contribution in [0.25, 0.3) is 5.76 Å². The lowest BCUT2D eigenvalue weighted by atomic mass is 9.91. The van der Waals surface area contributed by atoms with E-state index in [1.807, 2.05) is 27.7 Å². The van der Waals surface area contributed by atoms with E-state index in [9.17, 15) is 57.8 Å². The van der Waals surface area contributed by atoms with E-state index in [1.54, 1.807) is 0 Å². The average molecular weight is 615 g/mol. The van der Waals surface area contributed by atoms with Crippen LogP contribution < -0.4 is 0 Å². The van der Waals surface area contributed by atoms with Crippen LogP contribution in [-0.2, 0) is 29.4 Å². The Morgan fingerprint density at radius 2 is 0.927 bits per heavy atom. The highest BCUT2D eigenvalue weighted by Crippen LogP contribution is 2.45. The maximum Gasteiger partial charge on any atom is 0.416 e. The Labute approximate surface area is 229 Å². The van der Waals surface area contributed by atoms with Gasteiger partial charge in [0, 0.05) is 11.1 Å². The molecule has 41 heavy (non-hydrogen) atoms. The van der Waals surface area contributed by atoms with Gasteiger partial charge in [-0.2, -0.15) is 52.7 Å². The van der Waals surface area contributed by atoms with Crippen molar-refractivity contribution in [2.24, 2.45) is 0 Å². The number of aliphatic hydroxyl groups is 1. The number of halogens is 12. The van der Waals surface area contributed by atoms with Gasteiger partial charge in [0.1, 0.15) is 11.9 Å². The van der Waals surface area contributed by atoms with E-state index >= 15 is 0 Å². The second kappa shape index (κ2) is 14.8. The molecule has 234 valence electrons. The fourth-order valence-corrected chi connectivity index (χ4v) is 3.15. The van der Waals surface area contributed by atoms with Gasteiger partial charge in [0.05, 0.1) is 28.9 Å². The van der Waals surface area contributed by atoms with Crippen molar-refractivity contribution >= 4 is 5.76 Å². The normalized spacial score (nSPS) is 16.6. The van der Waals surface area contributed by atoms with E-state index in [4.69, 9.17) is 4.74 Å². The molecule has 1 aliphatic rings. The Kier molecular flexibility index (Phi) is 13.8. The van der Waals surface area contributed by atoms with Gasteiger partial charge in [-0.15, -0.1) is 0 Å². The van der Waals surface area contributed by atoms with Crippen molar-refractivity contribution in [3.05, 3.63) is 75.4 Å². The first kappa shape index (κ1) is 38.1. The first-order valence-electron chi connectivity index (χ1n) is 12.3. The first-order valence-corrected chi connectivity index (χ1v) is 12.3. The molecule has 1 unspecified atom stereocenters. The van der Waals surface area contributed by atoms with Crippen molar-refractivity contribution in [1.29, 1.82) is 0 Å². The van der Waals surface area contributed by atoms with Crippen LogP contribution >= 0.6 is 0 Å². The molecule has 0 aliphatic carbocycles. The van der Waals surface area contributed by atoms with Crippen molar-refractivity contribution in [3.8, 4) is 0 Å². The van der Waals surface area contributed by atoms with Gasteiger partial charge in [-0.1, -0.05) is 48.0 Å². The lowest BCUT2D eigenvalue weighted by Crippen LogP contribution is -2.26. The minimum atomic E-state index is -5.25. The zero-order chi connectivity index (χ0) is 32.6. The number of ether oxygens (including phenoxy) is 1. The third-order valence-electron chi connectivity index (χ3n) is 4.80. The summed E-state index contributed by atoms with van der Waals surface area (Å²) >= 11 is 0. The van der Waals surface area contributed by atoms with Gasteiger partial charge in [0.2, 0.25) is 0 Å². The van der Waals surface area contributed by atoms with Gasteiger partial charge in [0.25, 0.3) is 0 Å². The minimum Gasteiger partial charge on any atom is -0.507 e. The Balaban J connectivity index is 0.00000210. The van der Waals surface area contributed by atoms with E-state index in [1.165, 1.54) is 6.42 Å². The highest BCUT2D eigenvalue weighted by molar-refractivity contribution is 5.66. The van der Waals surface area contributed by atoms with Crippen LogP contribution in [0.2, 0.25) is 0 Å². The van der Waals surface area contributed by atoms with E-state index in [0.29, 0.717) is 0 Å². The number of rotatable bonds is 2. The van der Waals surface area contributed by atoms with E-state index in [2.05, 4.69) is 13.8 Å². The van der Waals surface area contributed by atoms with Crippen LogP contribution in [0.5, 0.6) is 0 Å². The zero-order valence-electron chi connectivity index (χ0n) is 22.8. The predicted octanol–water partition coefficient (Wildman–Crippen LogP) is 11.3. The highest BCUT2D eigenvalue weighted by Gasteiger charge is 2.41.